The summed E-state index contributed by atoms with van der Waals surface area (Å²) in [4.78, 5) is 8.77. The second-order valence-corrected chi connectivity index (χ2v) is 3.37. The van der Waals surface area contributed by atoms with Crippen LogP contribution in [0.3, 0.4) is 0 Å². The first-order valence-electron chi connectivity index (χ1n) is 5.39. The molecule has 0 radical (unpaired) electrons. The quantitative estimate of drug-likeness (QED) is 0.778. The van der Waals surface area contributed by atoms with Crippen LogP contribution < -0.4 is 5.32 Å². The second kappa shape index (κ2) is 6.35. The molecule has 0 atom stereocenters. The Morgan fingerprint density at radius 3 is 2.73 bits per heavy atom. The van der Waals surface area contributed by atoms with E-state index in [0.717, 1.165) is 36.7 Å². The first-order chi connectivity index (χ1) is 7.30. The Kier molecular flexibility index (Phi) is 5.04. The Morgan fingerprint density at radius 1 is 1.33 bits per heavy atom. The third-order valence-corrected chi connectivity index (χ3v) is 1.99. The Bertz CT molecular complexity index is 302. The monoisotopic (exact) mass is 209 g/mol. The maximum Gasteiger partial charge on any atom is 0.130 e. The normalized spacial score (nSPS) is 10.3. The molecule has 4 heteroatoms. The third kappa shape index (κ3) is 3.83. The Balaban J connectivity index is 2.79. The van der Waals surface area contributed by atoms with Gasteiger partial charge >= 0.3 is 0 Å². The second-order valence-electron chi connectivity index (χ2n) is 3.37. The number of ether oxygens (including phenoxy) is 1. The van der Waals surface area contributed by atoms with Crippen molar-refractivity contribution in [3.63, 3.8) is 0 Å². The average molecular weight is 209 g/mol. The van der Waals surface area contributed by atoms with Gasteiger partial charge in [0.15, 0.2) is 0 Å². The van der Waals surface area contributed by atoms with Gasteiger partial charge in [0, 0.05) is 26.1 Å². The van der Waals surface area contributed by atoms with E-state index in [9.17, 15) is 0 Å². The number of aromatic nitrogens is 2. The van der Waals surface area contributed by atoms with Gasteiger partial charge in [-0.15, -0.1) is 0 Å². The summed E-state index contributed by atoms with van der Waals surface area (Å²) in [5, 5.41) is 3.26. The largest absolute Gasteiger partial charge is 0.378 e. The first-order valence-corrected chi connectivity index (χ1v) is 5.39. The van der Waals surface area contributed by atoms with Crippen LogP contribution in [0.15, 0.2) is 6.07 Å². The molecule has 84 valence electrons. The standard InChI is InChI=1S/C11H19N3O/c1-4-6-12-11-7-9(8-15-3)13-10(5-2)14-11/h7H,4-6,8H2,1-3H3,(H,12,13,14). The van der Waals surface area contributed by atoms with E-state index in [1.807, 2.05) is 6.07 Å². The van der Waals surface area contributed by atoms with E-state index in [1.165, 1.54) is 0 Å². The summed E-state index contributed by atoms with van der Waals surface area (Å²) >= 11 is 0. The highest BCUT2D eigenvalue weighted by molar-refractivity contribution is 5.35. The summed E-state index contributed by atoms with van der Waals surface area (Å²) in [7, 11) is 1.67. The summed E-state index contributed by atoms with van der Waals surface area (Å²) < 4.78 is 5.07. The molecule has 0 unspecified atom stereocenters. The highest BCUT2D eigenvalue weighted by atomic mass is 16.5. The van der Waals surface area contributed by atoms with Crippen LogP contribution in [0, 0.1) is 0 Å². The first kappa shape index (κ1) is 11.9. The van der Waals surface area contributed by atoms with E-state index in [1.54, 1.807) is 7.11 Å². The van der Waals surface area contributed by atoms with Crippen LogP contribution in [0.5, 0.6) is 0 Å². The average Bonchev–Trinajstić information content (AvgIpc) is 2.26. The number of aryl methyl sites for hydroxylation is 1. The summed E-state index contributed by atoms with van der Waals surface area (Å²) in [5.41, 5.74) is 0.933. The van der Waals surface area contributed by atoms with E-state index in [4.69, 9.17) is 4.74 Å². The van der Waals surface area contributed by atoms with Crippen molar-refractivity contribution in [2.45, 2.75) is 33.3 Å². The third-order valence-electron chi connectivity index (χ3n) is 1.99. The molecule has 0 saturated carbocycles. The van der Waals surface area contributed by atoms with Gasteiger partial charge < -0.3 is 10.1 Å². The molecule has 0 aliphatic carbocycles. The Morgan fingerprint density at radius 2 is 2.13 bits per heavy atom. The van der Waals surface area contributed by atoms with Crippen LogP contribution in [-0.4, -0.2) is 23.6 Å². The van der Waals surface area contributed by atoms with Gasteiger partial charge in [0.05, 0.1) is 12.3 Å². The van der Waals surface area contributed by atoms with Gasteiger partial charge in [0.1, 0.15) is 11.6 Å². The zero-order chi connectivity index (χ0) is 11.1. The number of methoxy groups -OCH3 is 1. The van der Waals surface area contributed by atoms with Crippen molar-refractivity contribution < 1.29 is 4.74 Å². The molecule has 1 aromatic heterocycles. The zero-order valence-electron chi connectivity index (χ0n) is 9.71. The molecule has 0 fully saturated rings. The minimum Gasteiger partial charge on any atom is -0.378 e. The fraction of sp³-hybridized carbons (Fsp3) is 0.636. The van der Waals surface area contributed by atoms with Crippen molar-refractivity contribution in [2.24, 2.45) is 0 Å². The van der Waals surface area contributed by atoms with Crippen molar-refractivity contribution in [3.05, 3.63) is 17.6 Å². The number of anilines is 1. The van der Waals surface area contributed by atoms with Gasteiger partial charge in [0.25, 0.3) is 0 Å². The lowest BCUT2D eigenvalue weighted by Gasteiger charge is -2.08. The van der Waals surface area contributed by atoms with Gasteiger partial charge in [0.2, 0.25) is 0 Å². The Hall–Kier alpha value is -1.16. The van der Waals surface area contributed by atoms with Gasteiger partial charge in [-0.05, 0) is 6.42 Å². The fourth-order valence-electron chi connectivity index (χ4n) is 1.28. The van der Waals surface area contributed by atoms with Crippen molar-refractivity contribution in [1.82, 2.24) is 9.97 Å². The van der Waals surface area contributed by atoms with E-state index in [-0.39, 0.29) is 0 Å². The van der Waals surface area contributed by atoms with Crippen LogP contribution >= 0.6 is 0 Å². The maximum atomic E-state index is 5.07. The van der Waals surface area contributed by atoms with Crippen molar-refractivity contribution in [3.8, 4) is 0 Å². The number of hydrogen-bond donors (Lipinski definition) is 1. The summed E-state index contributed by atoms with van der Waals surface area (Å²) in [6.07, 6.45) is 1.93. The Labute approximate surface area is 91.1 Å². The van der Waals surface area contributed by atoms with Crippen LogP contribution in [0.2, 0.25) is 0 Å². The molecular formula is C11H19N3O. The molecule has 0 aliphatic heterocycles. The lowest BCUT2D eigenvalue weighted by Crippen LogP contribution is -2.07. The van der Waals surface area contributed by atoms with Gasteiger partial charge in [-0.1, -0.05) is 13.8 Å². The number of hydrogen-bond acceptors (Lipinski definition) is 4. The van der Waals surface area contributed by atoms with Crippen molar-refractivity contribution in [1.29, 1.82) is 0 Å². The molecule has 4 nitrogen and oxygen atoms in total. The van der Waals surface area contributed by atoms with Crippen LogP contribution in [0.1, 0.15) is 31.8 Å². The number of nitrogens with zero attached hydrogens (tertiary/aromatic N) is 2. The fourth-order valence-corrected chi connectivity index (χ4v) is 1.28. The van der Waals surface area contributed by atoms with Gasteiger partial charge in [-0.3, -0.25) is 0 Å². The molecule has 1 N–H and O–H groups in total. The van der Waals surface area contributed by atoms with Crippen molar-refractivity contribution in [2.75, 3.05) is 19.0 Å². The van der Waals surface area contributed by atoms with Gasteiger partial charge in [-0.25, -0.2) is 9.97 Å². The molecule has 0 aromatic carbocycles. The predicted octanol–water partition coefficient (Wildman–Crippen LogP) is 2.01. The highest BCUT2D eigenvalue weighted by Gasteiger charge is 2.02. The van der Waals surface area contributed by atoms with Crippen LogP contribution in [-0.2, 0) is 17.8 Å². The molecule has 0 amide bonds. The summed E-state index contributed by atoms with van der Waals surface area (Å²) in [6.45, 7) is 5.66. The highest BCUT2D eigenvalue weighted by Crippen LogP contribution is 2.08. The molecule has 0 aliphatic rings. The number of rotatable bonds is 6. The smallest absolute Gasteiger partial charge is 0.130 e. The predicted molar refractivity (Wildman–Crippen MR) is 60.9 cm³/mol. The van der Waals surface area contributed by atoms with Crippen LogP contribution in [0.25, 0.3) is 0 Å². The van der Waals surface area contributed by atoms with E-state index < -0.39 is 0 Å². The van der Waals surface area contributed by atoms with E-state index >= 15 is 0 Å². The molecule has 1 rings (SSSR count). The molecule has 0 saturated heterocycles. The lowest BCUT2D eigenvalue weighted by atomic mass is 10.3. The molecule has 0 spiro atoms. The van der Waals surface area contributed by atoms with Crippen LogP contribution in [0.4, 0.5) is 5.82 Å². The minimum absolute atomic E-state index is 0.538. The molecule has 15 heavy (non-hydrogen) atoms. The summed E-state index contributed by atoms with van der Waals surface area (Å²) in [5.74, 6) is 1.76. The van der Waals surface area contributed by atoms with E-state index in [2.05, 4.69) is 29.1 Å². The molecular weight excluding hydrogens is 190 g/mol. The molecule has 1 aromatic rings. The zero-order valence-corrected chi connectivity index (χ0v) is 9.71. The maximum absolute atomic E-state index is 5.07. The minimum atomic E-state index is 0.538. The topological polar surface area (TPSA) is 47.0 Å². The van der Waals surface area contributed by atoms with Crippen molar-refractivity contribution >= 4 is 5.82 Å². The molecule has 1 heterocycles. The van der Waals surface area contributed by atoms with E-state index in [0.29, 0.717) is 6.61 Å². The molecule has 0 bridgehead atoms. The number of nitrogens with one attached hydrogen (secondary N) is 1. The van der Waals surface area contributed by atoms with Gasteiger partial charge in [-0.2, -0.15) is 0 Å². The lowest BCUT2D eigenvalue weighted by molar-refractivity contribution is 0.181. The summed E-state index contributed by atoms with van der Waals surface area (Å²) in [6, 6.07) is 1.94. The SMILES string of the molecule is CCCNc1cc(COC)nc(CC)n1.